The second kappa shape index (κ2) is 9.48. The summed E-state index contributed by atoms with van der Waals surface area (Å²) in [5.41, 5.74) is 6.86. The van der Waals surface area contributed by atoms with Gasteiger partial charge < -0.3 is 15.2 Å². The highest BCUT2D eigenvalue weighted by Gasteiger charge is 2.17. The maximum Gasteiger partial charge on any atom is 0.516 e. The fraction of sp³-hybridized carbons (Fsp3) is 0.500. The van der Waals surface area contributed by atoms with E-state index in [2.05, 4.69) is 29.5 Å². The van der Waals surface area contributed by atoms with Crippen molar-refractivity contribution in [1.29, 1.82) is 0 Å². The zero-order valence-electron chi connectivity index (χ0n) is 12.8. The standard InChI is InChI=1S/C16H23NO4S/c1-16(17,22)11-10-14(18)21-15(19)20-12-6-5-9-13-7-3-2-4-8-13/h2-4,7-8,22H,5-6,9-12,17H2,1H3. The predicted octanol–water partition coefficient (Wildman–Crippen LogP) is 3.07. The van der Waals surface area contributed by atoms with Crippen LogP contribution in [0.25, 0.3) is 0 Å². The van der Waals surface area contributed by atoms with Gasteiger partial charge in [-0.15, -0.1) is 0 Å². The summed E-state index contributed by atoms with van der Waals surface area (Å²) in [6.45, 7) is 1.91. The van der Waals surface area contributed by atoms with E-state index in [1.165, 1.54) is 5.56 Å². The van der Waals surface area contributed by atoms with E-state index in [1.54, 1.807) is 6.92 Å². The molecule has 2 N–H and O–H groups in total. The normalized spacial score (nSPS) is 13.2. The lowest BCUT2D eigenvalue weighted by atomic mass is 10.1. The van der Waals surface area contributed by atoms with Gasteiger partial charge in [0.25, 0.3) is 0 Å². The maximum absolute atomic E-state index is 11.4. The number of nitrogens with two attached hydrogens (primary N) is 1. The predicted molar refractivity (Wildman–Crippen MR) is 87.6 cm³/mol. The molecule has 5 nitrogen and oxygen atoms in total. The third-order valence-electron chi connectivity index (χ3n) is 2.95. The van der Waals surface area contributed by atoms with Gasteiger partial charge in [0.1, 0.15) is 0 Å². The van der Waals surface area contributed by atoms with Crippen LogP contribution in [0.5, 0.6) is 0 Å². The molecule has 0 amide bonds. The largest absolute Gasteiger partial charge is 0.516 e. The van der Waals surface area contributed by atoms with Gasteiger partial charge in [-0.1, -0.05) is 30.3 Å². The molecule has 0 aliphatic carbocycles. The zero-order chi connectivity index (χ0) is 16.4. The highest BCUT2D eigenvalue weighted by molar-refractivity contribution is 7.81. The SMILES string of the molecule is CC(N)(S)CCC(=O)OC(=O)OCCCCc1ccccc1. The third-order valence-corrected chi connectivity index (χ3v) is 3.18. The average Bonchev–Trinajstić information content (AvgIpc) is 2.45. The van der Waals surface area contributed by atoms with Gasteiger partial charge in [0, 0.05) is 6.42 Å². The lowest BCUT2D eigenvalue weighted by molar-refractivity contribution is -0.140. The van der Waals surface area contributed by atoms with Crippen molar-refractivity contribution in [3.8, 4) is 0 Å². The van der Waals surface area contributed by atoms with E-state index < -0.39 is 17.0 Å². The molecule has 122 valence electrons. The minimum atomic E-state index is -0.956. The summed E-state index contributed by atoms with van der Waals surface area (Å²) in [6.07, 6.45) is 1.93. The van der Waals surface area contributed by atoms with Crippen LogP contribution in [0.4, 0.5) is 4.79 Å². The topological polar surface area (TPSA) is 78.6 Å². The van der Waals surface area contributed by atoms with Gasteiger partial charge in [-0.05, 0) is 38.2 Å². The van der Waals surface area contributed by atoms with Crippen molar-refractivity contribution in [2.45, 2.75) is 43.9 Å². The van der Waals surface area contributed by atoms with Crippen LogP contribution in [0.1, 0.15) is 38.2 Å². The van der Waals surface area contributed by atoms with Crippen molar-refractivity contribution >= 4 is 24.8 Å². The molecule has 0 bridgehead atoms. The van der Waals surface area contributed by atoms with Gasteiger partial charge in [-0.25, -0.2) is 4.79 Å². The number of hydrogen-bond donors (Lipinski definition) is 2. The van der Waals surface area contributed by atoms with Gasteiger partial charge in [-0.3, -0.25) is 4.79 Å². The summed E-state index contributed by atoms with van der Waals surface area (Å²) in [4.78, 5) is 21.9. The molecule has 1 aromatic carbocycles. The van der Waals surface area contributed by atoms with Crippen molar-refractivity contribution in [2.24, 2.45) is 5.73 Å². The summed E-state index contributed by atoms with van der Waals surface area (Å²) in [5.74, 6) is -0.653. The molecule has 1 unspecified atom stereocenters. The van der Waals surface area contributed by atoms with Crippen molar-refractivity contribution in [3.05, 3.63) is 35.9 Å². The molecule has 0 aliphatic rings. The second-order valence-corrected chi connectivity index (χ2v) is 6.39. The number of ether oxygens (including phenoxy) is 2. The molecule has 0 aromatic heterocycles. The number of esters is 1. The number of carbonyl (C=O) groups is 2. The number of unbranched alkanes of at least 4 members (excludes halogenated alkanes) is 1. The van der Waals surface area contributed by atoms with E-state index in [1.807, 2.05) is 18.2 Å². The number of benzene rings is 1. The van der Waals surface area contributed by atoms with Crippen LogP contribution in [0.3, 0.4) is 0 Å². The summed E-state index contributed by atoms with van der Waals surface area (Å²) in [5, 5.41) is 0. The maximum atomic E-state index is 11.4. The summed E-state index contributed by atoms with van der Waals surface area (Å²) < 4.78 is 9.37. The smallest absolute Gasteiger partial charge is 0.434 e. The van der Waals surface area contributed by atoms with E-state index in [0.29, 0.717) is 6.42 Å². The second-order valence-electron chi connectivity index (χ2n) is 5.37. The quantitative estimate of drug-likeness (QED) is 0.252. The Kier molecular flexibility index (Phi) is 7.98. The van der Waals surface area contributed by atoms with Gasteiger partial charge >= 0.3 is 12.1 Å². The first-order valence-electron chi connectivity index (χ1n) is 7.29. The molecule has 0 aliphatic heterocycles. The Labute approximate surface area is 136 Å². The monoisotopic (exact) mass is 325 g/mol. The summed E-state index contributed by atoms with van der Waals surface area (Å²) >= 11 is 4.08. The average molecular weight is 325 g/mol. The van der Waals surface area contributed by atoms with Crippen molar-refractivity contribution in [2.75, 3.05) is 6.61 Å². The van der Waals surface area contributed by atoms with Crippen LogP contribution in [0, 0.1) is 0 Å². The zero-order valence-corrected chi connectivity index (χ0v) is 13.7. The van der Waals surface area contributed by atoms with Gasteiger partial charge in [-0.2, -0.15) is 12.6 Å². The van der Waals surface area contributed by atoms with E-state index >= 15 is 0 Å². The molecule has 22 heavy (non-hydrogen) atoms. The lowest BCUT2D eigenvalue weighted by Gasteiger charge is -2.15. The highest BCUT2D eigenvalue weighted by Crippen LogP contribution is 2.13. The van der Waals surface area contributed by atoms with Gasteiger partial charge in [0.15, 0.2) is 0 Å². The Morgan fingerprint density at radius 2 is 1.91 bits per heavy atom. The minimum absolute atomic E-state index is 0.0274. The molecule has 0 fully saturated rings. The van der Waals surface area contributed by atoms with Crippen molar-refractivity contribution in [1.82, 2.24) is 0 Å². The summed E-state index contributed by atoms with van der Waals surface area (Å²) in [6, 6.07) is 10.1. The van der Waals surface area contributed by atoms with E-state index in [4.69, 9.17) is 10.5 Å². The van der Waals surface area contributed by atoms with E-state index in [9.17, 15) is 9.59 Å². The third kappa shape index (κ3) is 9.41. The van der Waals surface area contributed by atoms with Crippen LogP contribution in [0.2, 0.25) is 0 Å². The molecule has 1 atom stereocenters. The fourth-order valence-electron chi connectivity index (χ4n) is 1.76. The Bertz CT molecular complexity index is 471. The summed E-state index contributed by atoms with van der Waals surface area (Å²) in [7, 11) is 0. The van der Waals surface area contributed by atoms with Crippen molar-refractivity contribution in [3.63, 3.8) is 0 Å². The molecule has 0 saturated heterocycles. The Morgan fingerprint density at radius 1 is 1.23 bits per heavy atom. The van der Waals surface area contributed by atoms with Crippen LogP contribution < -0.4 is 5.73 Å². The Balaban J connectivity index is 2.07. The molecule has 6 heteroatoms. The van der Waals surface area contributed by atoms with E-state index in [-0.39, 0.29) is 13.0 Å². The van der Waals surface area contributed by atoms with Crippen LogP contribution in [-0.2, 0) is 20.7 Å². The first-order valence-corrected chi connectivity index (χ1v) is 7.74. The minimum Gasteiger partial charge on any atom is -0.434 e. The van der Waals surface area contributed by atoms with Crippen LogP contribution in [0.15, 0.2) is 30.3 Å². The number of aryl methyl sites for hydroxylation is 1. The molecule has 1 aromatic rings. The molecule has 0 saturated carbocycles. The first kappa shape index (κ1) is 18.5. The highest BCUT2D eigenvalue weighted by atomic mass is 32.1. The molecular weight excluding hydrogens is 302 g/mol. The molecular formula is C16H23NO4S. The van der Waals surface area contributed by atoms with Gasteiger partial charge in [0.05, 0.1) is 11.5 Å². The number of thiol groups is 1. The van der Waals surface area contributed by atoms with Gasteiger partial charge in [0.2, 0.25) is 0 Å². The van der Waals surface area contributed by atoms with Crippen molar-refractivity contribution < 1.29 is 19.1 Å². The molecule has 0 spiro atoms. The Hall–Kier alpha value is -1.53. The number of carbonyl (C=O) groups excluding carboxylic acids is 2. The number of hydrogen-bond acceptors (Lipinski definition) is 6. The molecule has 1 rings (SSSR count). The fourth-order valence-corrected chi connectivity index (χ4v) is 1.87. The Morgan fingerprint density at radius 3 is 2.55 bits per heavy atom. The van der Waals surface area contributed by atoms with E-state index in [0.717, 1.165) is 19.3 Å². The van der Waals surface area contributed by atoms with Crippen LogP contribution >= 0.6 is 12.6 Å². The van der Waals surface area contributed by atoms with Crippen LogP contribution in [-0.4, -0.2) is 23.6 Å². The first-order chi connectivity index (χ1) is 10.4. The number of rotatable bonds is 8. The molecule has 0 heterocycles. The molecule has 0 radical (unpaired) electrons. The lowest BCUT2D eigenvalue weighted by Crippen LogP contribution is -2.30.